The number of urea groups is 1. The average molecular weight is 351 g/mol. The lowest BCUT2D eigenvalue weighted by atomic mass is 9.89. The second-order valence-electron chi connectivity index (χ2n) is 6.37. The molecule has 0 saturated carbocycles. The topological polar surface area (TPSA) is 61.9 Å². The van der Waals surface area contributed by atoms with Crippen molar-refractivity contribution in [2.75, 3.05) is 45.9 Å². The molecule has 24 heavy (non-hydrogen) atoms. The van der Waals surface area contributed by atoms with Crippen LogP contribution in [0.5, 0.6) is 0 Å². The minimum atomic E-state index is -4.23. The van der Waals surface area contributed by atoms with Gasteiger partial charge in [0, 0.05) is 39.4 Å². The number of rotatable bonds is 4. The van der Waals surface area contributed by atoms with Crippen molar-refractivity contribution in [2.45, 2.75) is 32.0 Å². The fraction of sp³-hybridized carbons (Fsp3) is 0.867. The normalized spacial score (nSPS) is 22.2. The largest absolute Gasteiger partial charge is 0.401 e. The van der Waals surface area contributed by atoms with Gasteiger partial charge < -0.3 is 15.0 Å². The zero-order valence-electron chi connectivity index (χ0n) is 13.8. The number of hydrogen-bond acceptors (Lipinski definition) is 4. The highest BCUT2D eigenvalue weighted by atomic mass is 19.4. The third-order valence-electron chi connectivity index (χ3n) is 4.52. The molecule has 2 fully saturated rings. The Morgan fingerprint density at radius 2 is 1.75 bits per heavy atom. The first-order chi connectivity index (χ1) is 11.3. The van der Waals surface area contributed by atoms with E-state index in [-0.39, 0.29) is 43.9 Å². The van der Waals surface area contributed by atoms with E-state index in [1.165, 1.54) is 16.7 Å². The minimum Gasteiger partial charge on any atom is -0.381 e. The van der Waals surface area contributed by atoms with Crippen LogP contribution in [0, 0.1) is 5.92 Å². The van der Waals surface area contributed by atoms with Crippen molar-refractivity contribution in [3.05, 3.63) is 0 Å². The molecule has 2 saturated heterocycles. The number of ketones is 1. The minimum absolute atomic E-state index is 0.0479. The third kappa shape index (κ3) is 5.62. The molecule has 0 aromatic heterocycles. The zero-order chi connectivity index (χ0) is 17.7. The first kappa shape index (κ1) is 19.0. The summed E-state index contributed by atoms with van der Waals surface area (Å²) in [5, 5.41) is 2.76. The number of carbonyl (C=O) groups is 2. The average Bonchev–Trinajstić information content (AvgIpc) is 2.52. The molecule has 2 rings (SSSR count). The first-order valence-corrected chi connectivity index (χ1v) is 8.19. The molecule has 9 heteroatoms. The summed E-state index contributed by atoms with van der Waals surface area (Å²) in [4.78, 5) is 27.0. The highest BCUT2D eigenvalue weighted by Crippen LogP contribution is 2.20. The molecule has 2 amide bonds. The Morgan fingerprint density at radius 3 is 2.25 bits per heavy atom. The fourth-order valence-corrected chi connectivity index (χ4v) is 3.19. The SMILES string of the molecule is CC(=O)C(NC(=O)N1CCN(CC(F)(F)F)CC1)C1CCOCC1. The van der Waals surface area contributed by atoms with Crippen molar-refractivity contribution in [3.8, 4) is 0 Å². The van der Waals surface area contributed by atoms with E-state index < -0.39 is 18.8 Å². The van der Waals surface area contributed by atoms with Gasteiger partial charge in [0.1, 0.15) is 0 Å². The molecular formula is C15H24F3N3O3. The van der Waals surface area contributed by atoms with Gasteiger partial charge in [0.15, 0.2) is 5.78 Å². The number of piperazine rings is 1. The zero-order valence-corrected chi connectivity index (χ0v) is 13.8. The Bertz CT molecular complexity index is 445. The Balaban J connectivity index is 1.84. The number of nitrogens with zero attached hydrogens (tertiary/aromatic N) is 2. The van der Waals surface area contributed by atoms with E-state index in [0.717, 1.165) is 0 Å². The quantitative estimate of drug-likeness (QED) is 0.828. The van der Waals surface area contributed by atoms with Crippen LogP contribution >= 0.6 is 0 Å². The summed E-state index contributed by atoms with van der Waals surface area (Å²) in [7, 11) is 0. The summed E-state index contributed by atoms with van der Waals surface area (Å²) >= 11 is 0. The molecule has 138 valence electrons. The number of ether oxygens (including phenoxy) is 1. The lowest BCUT2D eigenvalue weighted by Gasteiger charge is -2.36. The lowest BCUT2D eigenvalue weighted by Crippen LogP contribution is -2.56. The summed E-state index contributed by atoms with van der Waals surface area (Å²) in [5.74, 6) is -0.0577. The van der Waals surface area contributed by atoms with Gasteiger partial charge in [-0.2, -0.15) is 13.2 Å². The number of nitrogens with one attached hydrogen (secondary N) is 1. The van der Waals surface area contributed by atoms with E-state index in [1.807, 2.05) is 0 Å². The van der Waals surface area contributed by atoms with E-state index in [1.54, 1.807) is 0 Å². The molecule has 0 radical (unpaired) electrons. The third-order valence-corrected chi connectivity index (χ3v) is 4.52. The Labute approximate surface area is 139 Å². The summed E-state index contributed by atoms with van der Waals surface area (Å²) in [6, 6.07) is -0.942. The van der Waals surface area contributed by atoms with Gasteiger partial charge in [-0.1, -0.05) is 0 Å². The van der Waals surface area contributed by atoms with Crippen LogP contribution in [0.1, 0.15) is 19.8 Å². The second-order valence-corrected chi connectivity index (χ2v) is 6.37. The van der Waals surface area contributed by atoms with Crippen molar-refractivity contribution in [3.63, 3.8) is 0 Å². The molecule has 0 aromatic rings. The van der Waals surface area contributed by atoms with Crippen molar-refractivity contribution in [2.24, 2.45) is 5.92 Å². The number of carbonyl (C=O) groups excluding carboxylic acids is 2. The van der Waals surface area contributed by atoms with Crippen LogP contribution in [0.15, 0.2) is 0 Å². The van der Waals surface area contributed by atoms with Crippen molar-refractivity contribution in [1.29, 1.82) is 0 Å². The molecule has 1 unspecified atom stereocenters. The van der Waals surface area contributed by atoms with Gasteiger partial charge >= 0.3 is 12.2 Å². The monoisotopic (exact) mass is 351 g/mol. The number of hydrogen-bond donors (Lipinski definition) is 1. The maximum atomic E-state index is 12.4. The van der Waals surface area contributed by atoms with Crippen LogP contribution in [0.4, 0.5) is 18.0 Å². The number of alkyl halides is 3. The number of halogens is 3. The smallest absolute Gasteiger partial charge is 0.381 e. The molecule has 6 nitrogen and oxygen atoms in total. The van der Waals surface area contributed by atoms with Crippen LogP contribution in [0.2, 0.25) is 0 Å². The Morgan fingerprint density at radius 1 is 1.17 bits per heavy atom. The molecule has 1 N–H and O–H groups in total. The summed E-state index contributed by atoms with van der Waals surface area (Å²) < 4.78 is 42.4. The van der Waals surface area contributed by atoms with Gasteiger partial charge in [0.05, 0.1) is 12.6 Å². The summed E-state index contributed by atoms with van der Waals surface area (Å²) in [6.07, 6.45) is -2.80. The standard InChI is InChI=1S/C15H24F3N3O3/c1-11(22)13(12-2-8-24-9-3-12)19-14(23)21-6-4-20(5-7-21)10-15(16,17)18/h12-13H,2-10H2,1H3,(H,19,23). The summed E-state index contributed by atoms with van der Waals surface area (Å²) in [6.45, 7) is 2.42. The van der Waals surface area contributed by atoms with Gasteiger partial charge in [-0.15, -0.1) is 0 Å². The predicted molar refractivity (Wildman–Crippen MR) is 80.6 cm³/mol. The maximum absolute atomic E-state index is 12.4. The van der Waals surface area contributed by atoms with Crippen molar-refractivity contribution >= 4 is 11.8 Å². The van der Waals surface area contributed by atoms with Crippen LogP contribution in [-0.4, -0.2) is 79.8 Å². The Kier molecular flexibility index (Phi) is 6.45. The second kappa shape index (κ2) is 8.15. The molecule has 0 bridgehead atoms. The fourth-order valence-electron chi connectivity index (χ4n) is 3.19. The first-order valence-electron chi connectivity index (χ1n) is 8.19. The number of amides is 2. The highest BCUT2D eigenvalue weighted by Gasteiger charge is 2.34. The molecule has 2 heterocycles. The van der Waals surface area contributed by atoms with Gasteiger partial charge in [-0.25, -0.2) is 4.79 Å². The van der Waals surface area contributed by atoms with E-state index >= 15 is 0 Å². The molecule has 0 aromatic carbocycles. The van der Waals surface area contributed by atoms with Crippen molar-refractivity contribution < 1.29 is 27.5 Å². The van der Waals surface area contributed by atoms with Crippen LogP contribution in [-0.2, 0) is 9.53 Å². The van der Waals surface area contributed by atoms with Crippen LogP contribution in [0.3, 0.4) is 0 Å². The Hall–Kier alpha value is -1.35. The summed E-state index contributed by atoms with van der Waals surface area (Å²) in [5.41, 5.74) is 0. The lowest BCUT2D eigenvalue weighted by molar-refractivity contribution is -0.148. The molecule has 1 atom stereocenters. The molecule has 2 aliphatic heterocycles. The molecular weight excluding hydrogens is 327 g/mol. The van der Waals surface area contributed by atoms with Gasteiger partial charge in [0.25, 0.3) is 0 Å². The van der Waals surface area contributed by atoms with E-state index in [4.69, 9.17) is 4.74 Å². The highest BCUT2D eigenvalue weighted by molar-refractivity contribution is 5.87. The molecule has 0 spiro atoms. The van der Waals surface area contributed by atoms with E-state index in [9.17, 15) is 22.8 Å². The van der Waals surface area contributed by atoms with Crippen LogP contribution in [0.25, 0.3) is 0 Å². The van der Waals surface area contributed by atoms with Gasteiger partial charge in [-0.05, 0) is 25.7 Å². The van der Waals surface area contributed by atoms with Gasteiger partial charge in [-0.3, -0.25) is 9.69 Å². The maximum Gasteiger partial charge on any atom is 0.401 e. The van der Waals surface area contributed by atoms with E-state index in [0.29, 0.717) is 26.1 Å². The molecule has 2 aliphatic rings. The van der Waals surface area contributed by atoms with Crippen LogP contribution < -0.4 is 5.32 Å². The predicted octanol–water partition coefficient (Wildman–Crippen LogP) is 1.26. The van der Waals surface area contributed by atoms with E-state index in [2.05, 4.69) is 5.32 Å². The molecule has 0 aliphatic carbocycles. The van der Waals surface area contributed by atoms with Crippen molar-refractivity contribution in [1.82, 2.24) is 15.1 Å². The van der Waals surface area contributed by atoms with Gasteiger partial charge in [0.2, 0.25) is 0 Å². The number of Topliss-reactive ketones (excluding diaryl/α,β-unsaturated/α-hetero) is 1.